The molecule has 0 saturated carbocycles. The number of benzene rings is 1. The summed E-state index contributed by atoms with van der Waals surface area (Å²) in [7, 11) is 0. The SMILES string of the molecule is CC1CCN(C(=O)CC(c2ccc3c(c2)OCO3)c2cnc3ccccn23)CC1. The smallest absolute Gasteiger partial charge is 0.231 e. The number of carbonyl (C=O) groups is 1. The standard InChI is InChI=1S/C23H25N3O3/c1-16-7-10-25(11-8-16)23(27)13-18(17-5-6-20-21(12-17)29-15-28-20)19-14-24-22-4-2-3-9-26(19)22/h2-6,9,12,14,16,18H,7-8,10-11,13,15H2,1H3. The molecule has 0 bridgehead atoms. The lowest BCUT2D eigenvalue weighted by Crippen LogP contribution is -2.38. The van der Waals surface area contributed by atoms with E-state index in [-0.39, 0.29) is 18.6 Å². The molecule has 3 aromatic rings. The molecule has 1 atom stereocenters. The highest BCUT2D eigenvalue weighted by molar-refractivity contribution is 5.78. The van der Waals surface area contributed by atoms with E-state index in [1.807, 2.05) is 53.7 Å². The lowest BCUT2D eigenvalue weighted by molar-refractivity contribution is -0.132. The second-order valence-electron chi connectivity index (χ2n) is 8.04. The van der Waals surface area contributed by atoms with Gasteiger partial charge < -0.3 is 18.8 Å². The molecule has 2 aliphatic heterocycles. The van der Waals surface area contributed by atoms with E-state index in [4.69, 9.17) is 9.47 Å². The van der Waals surface area contributed by atoms with Crippen molar-refractivity contribution >= 4 is 11.6 Å². The number of rotatable bonds is 4. The predicted molar refractivity (Wildman–Crippen MR) is 109 cm³/mol. The average Bonchev–Trinajstić information content (AvgIpc) is 3.39. The van der Waals surface area contributed by atoms with Crippen molar-refractivity contribution in [3.05, 3.63) is 60.0 Å². The van der Waals surface area contributed by atoms with Crippen molar-refractivity contribution < 1.29 is 14.3 Å². The van der Waals surface area contributed by atoms with E-state index in [1.54, 1.807) is 0 Å². The van der Waals surface area contributed by atoms with E-state index in [0.717, 1.165) is 54.3 Å². The molecule has 150 valence electrons. The summed E-state index contributed by atoms with van der Waals surface area (Å²) in [5.41, 5.74) is 2.93. The molecule has 1 aromatic carbocycles. The van der Waals surface area contributed by atoms with Crippen LogP contribution in [0.15, 0.2) is 48.8 Å². The topological polar surface area (TPSA) is 56.1 Å². The minimum absolute atomic E-state index is 0.103. The highest BCUT2D eigenvalue weighted by atomic mass is 16.7. The number of imidazole rings is 1. The Morgan fingerprint density at radius 3 is 2.86 bits per heavy atom. The van der Waals surface area contributed by atoms with Gasteiger partial charge in [0, 0.05) is 37.8 Å². The molecule has 29 heavy (non-hydrogen) atoms. The number of nitrogens with zero attached hydrogens (tertiary/aromatic N) is 3. The quantitative estimate of drug-likeness (QED) is 0.678. The maximum atomic E-state index is 13.2. The number of hydrogen-bond acceptors (Lipinski definition) is 4. The van der Waals surface area contributed by atoms with Crippen LogP contribution in [0.5, 0.6) is 11.5 Å². The van der Waals surface area contributed by atoms with Gasteiger partial charge in [-0.2, -0.15) is 0 Å². The summed E-state index contributed by atoms with van der Waals surface area (Å²) in [6.07, 6.45) is 6.46. The van der Waals surface area contributed by atoms with Crippen LogP contribution in [0.2, 0.25) is 0 Å². The van der Waals surface area contributed by atoms with Gasteiger partial charge in [-0.3, -0.25) is 4.79 Å². The zero-order valence-electron chi connectivity index (χ0n) is 16.6. The first-order valence-corrected chi connectivity index (χ1v) is 10.3. The molecule has 1 amide bonds. The number of amides is 1. The van der Waals surface area contributed by atoms with Crippen LogP contribution in [0.1, 0.15) is 43.4 Å². The summed E-state index contributed by atoms with van der Waals surface area (Å²) in [4.78, 5) is 19.8. The molecule has 0 N–H and O–H groups in total. The number of ether oxygens (including phenoxy) is 2. The molecular formula is C23H25N3O3. The monoisotopic (exact) mass is 391 g/mol. The van der Waals surface area contributed by atoms with Gasteiger partial charge in [-0.15, -0.1) is 0 Å². The Hall–Kier alpha value is -3.02. The number of piperidine rings is 1. The third-order valence-corrected chi connectivity index (χ3v) is 6.12. The average molecular weight is 391 g/mol. The van der Waals surface area contributed by atoms with Crippen LogP contribution in [0.3, 0.4) is 0 Å². The molecule has 2 aromatic heterocycles. The minimum Gasteiger partial charge on any atom is -0.454 e. The molecule has 6 nitrogen and oxygen atoms in total. The Morgan fingerprint density at radius 2 is 2.00 bits per heavy atom. The van der Waals surface area contributed by atoms with E-state index in [2.05, 4.69) is 16.3 Å². The third kappa shape index (κ3) is 3.43. The molecule has 1 saturated heterocycles. The van der Waals surface area contributed by atoms with Gasteiger partial charge in [-0.1, -0.05) is 19.1 Å². The van der Waals surface area contributed by atoms with Gasteiger partial charge in [-0.25, -0.2) is 4.98 Å². The Balaban J connectivity index is 1.50. The molecular weight excluding hydrogens is 366 g/mol. The van der Waals surface area contributed by atoms with Crippen LogP contribution in [-0.2, 0) is 4.79 Å². The van der Waals surface area contributed by atoms with E-state index in [9.17, 15) is 4.79 Å². The molecule has 5 rings (SSSR count). The number of pyridine rings is 1. The van der Waals surface area contributed by atoms with Gasteiger partial charge in [0.05, 0.1) is 5.69 Å². The Labute approximate surface area is 170 Å². The maximum Gasteiger partial charge on any atom is 0.231 e. The summed E-state index contributed by atoms with van der Waals surface area (Å²) in [5.74, 6) is 2.28. The zero-order chi connectivity index (χ0) is 19.8. The fourth-order valence-electron chi connectivity index (χ4n) is 4.29. The van der Waals surface area contributed by atoms with E-state index in [1.165, 1.54) is 0 Å². The van der Waals surface area contributed by atoms with Gasteiger partial charge in [0.25, 0.3) is 0 Å². The lowest BCUT2D eigenvalue weighted by atomic mass is 9.91. The molecule has 0 aliphatic carbocycles. The zero-order valence-corrected chi connectivity index (χ0v) is 16.6. The number of carbonyl (C=O) groups excluding carboxylic acids is 1. The summed E-state index contributed by atoms with van der Waals surface area (Å²) >= 11 is 0. The molecule has 0 spiro atoms. The molecule has 1 fully saturated rings. The van der Waals surface area contributed by atoms with Crippen LogP contribution >= 0.6 is 0 Å². The number of fused-ring (bicyclic) bond motifs is 2. The highest BCUT2D eigenvalue weighted by Crippen LogP contribution is 2.38. The maximum absolute atomic E-state index is 13.2. The van der Waals surface area contributed by atoms with E-state index < -0.39 is 0 Å². The first-order valence-electron chi connectivity index (χ1n) is 10.3. The fraction of sp³-hybridized carbons (Fsp3) is 0.391. The Kier molecular flexibility index (Phi) is 4.62. The second-order valence-corrected chi connectivity index (χ2v) is 8.04. The summed E-state index contributed by atoms with van der Waals surface area (Å²) in [5, 5.41) is 0. The molecule has 0 radical (unpaired) electrons. The minimum atomic E-state index is -0.103. The van der Waals surface area contributed by atoms with Gasteiger partial charge >= 0.3 is 0 Å². The number of hydrogen-bond donors (Lipinski definition) is 0. The first kappa shape index (κ1) is 18.0. The molecule has 1 unspecified atom stereocenters. The summed E-state index contributed by atoms with van der Waals surface area (Å²) < 4.78 is 13.1. The number of aromatic nitrogens is 2. The molecule has 2 aliphatic rings. The normalized spacial score (nSPS) is 17.6. The van der Waals surface area contributed by atoms with Crippen LogP contribution < -0.4 is 9.47 Å². The molecule has 4 heterocycles. The summed E-state index contributed by atoms with van der Waals surface area (Å²) in [6, 6.07) is 11.9. The fourth-order valence-corrected chi connectivity index (χ4v) is 4.29. The van der Waals surface area contributed by atoms with E-state index >= 15 is 0 Å². The highest BCUT2D eigenvalue weighted by Gasteiger charge is 2.28. The van der Waals surface area contributed by atoms with Crippen molar-refractivity contribution in [3.8, 4) is 11.5 Å². The van der Waals surface area contributed by atoms with Crippen LogP contribution in [0.4, 0.5) is 0 Å². The van der Waals surface area contributed by atoms with Crippen molar-refractivity contribution in [1.82, 2.24) is 14.3 Å². The second kappa shape index (κ2) is 7.43. The van der Waals surface area contributed by atoms with Crippen molar-refractivity contribution in [1.29, 1.82) is 0 Å². The van der Waals surface area contributed by atoms with Crippen molar-refractivity contribution in [2.45, 2.75) is 32.1 Å². The Bertz CT molecular complexity index is 1040. The Morgan fingerprint density at radius 1 is 1.17 bits per heavy atom. The van der Waals surface area contributed by atoms with Gasteiger partial charge in [0.2, 0.25) is 12.7 Å². The van der Waals surface area contributed by atoms with Crippen molar-refractivity contribution in [2.24, 2.45) is 5.92 Å². The van der Waals surface area contributed by atoms with Gasteiger partial charge in [0.15, 0.2) is 11.5 Å². The van der Waals surface area contributed by atoms with Crippen LogP contribution in [0.25, 0.3) is 5.65 Å². The van der Waals surface area contributed by atoms with Crippen LogP contribution in [0, 0.1) is 5.92 Å². The first-order chi connectivity index (χ1) is 14.2. The van der Waals surface area contributed by atoms with E-state index in [0.29, 0.717) is 12.3 Å². The van der Waals surface area contributed by atoms with Gasteiger partial charge in [0.1, 0.15) is 5.65 Å². The third-order valence-electron chi connectivity index (χ3n) is 6.12. The number of likely N-dealkylation sites (tertiary alicyclic amines) is 1. The summed E-state index contributed by atoms with van der Waals surface area (Å²) in [6.45, 7) is 4.20. The lowest BCUT2D eigenvalue weighted by Gasteiger charge is -2.31. The van der Waals surface area contributed by atoms with Gasteiger partial charge in [-0.05, 0) is 48.6 Å². The van der Waals surface area contributed by atoms with Crippen molar-refractivity contribution in [3.63, 3.8) is 0 Å². The van der Waals surface area contributed by atoms with Crippen molar-refractivity contribution in [2.75, 3.05) is 19.9 Å². The van der Waals surface area contributed by atoms with Crippen LogP contribution in [-0.4, -0.2) is 40.1 Å². The largest absolute Gasteiger partial charge is 0.454 e. The predicted octanol–water partition coefficient (Wildman–Crippen LogP) is 3.84. The molecule has 6 heteroatoms.